The van der Waals surface area contributed by atoms with Gasteiger partial charge in [-0.05, 0) is 35.4 Å². The number of ether oxygens (including phenoxy) is 1. The van der Waals surface area contributed by atoms with Crippen LogP contribution in [0.2, 0.25) is 10.0 Å². The lowest BCUT2D eigenvalue weighted by Crippen LogP contribution is -2.47. The molecular formula is C30H35Cl2N5O3. The summed E-state index contributed by atoms with van der Waals surface area (Å²) in [5.41, 5.74) is 10.4. The van der Waals surface area contributed by atoms with E-state index in [0.29, 0.717) is 29.8 Å². The second kappa shape index (κ2) is 14.0. The minimum Gasteiger partial charge on any atom is -0.379 e. The summed E-state index contributed by atoms with van der Waals surface area (Å²) in [5, 5.41) is 3.75. The number of nitrogens with zero attached hydrogens (tertiary/aromatic N) is 3. The third-order valence-corrected chi connectivity index (χ3v) is 7.79. The van der Waals surface area contributed by atoms with Gasteiger partial charge in [-0.1, -0.05) is 65.7 Å². The number of para-hydroxylation sites is 1. The monoisotopic (exact) mass is 583 g/mol. The number of likely N-dealkylation sites (N-methyl/N-ethyl adjacent to an activating group) is 1. The molecule has 0 radical (unpaired) electrons. The molecule has 1 atom stereocenters. The van der Waals surface area contributed by atoms with Gasteiger partial charge < -0.3 is 25.6 Å². The first-order valence-electron chi connectivity index (χ1n) is 13.2. The third-order valence-electron chi connectivity index (χ3n) is 7.05. The van der Waals surface area contributed by atoms with Crippen molar-refractivity contribution < 1.29 is 14.3 Å². The minimum absolute atomic E-state index is 0.0742. The zero-order valence-corrected chi connectivity index (χ0v) is 24.3. The Hall–Kier alpha value is -3.14. The van der Waals surface area contributed by atoms with E-state index in [0.717, 1.165) is 41.2 Å². The van der Waals surface area contributed by atoms with Crippen LogP contribution in [0.15, 0.2) is 66.7 Å². The molecule has 2 amide bonds. The minimum atomic E-state index is -0.196. The number of hydrogen-bond donors (Lipinski definition) is 2. The van der Waals surface area contributed by atoms with Gasteiger partial charge in [-0.3, -0.25) is 14.5 Å². The van der Waals surface area contributed by atoms with Crippen molar-refractivity contribution in [3.63, 3.8) is 0 Å². The van der Waals surface area contributed by atoms with Crippen molar-refractivity contribution in [2.75, 3.05) is 63.3 Å². The average molecular weight is 585 g/mol. The van der Waals surface area contributed by atoms with Gasteiger partial charge in [0.25, 0.3) is 0 Å². The van der Waals surface area contributed by atoms with Gasteiger partial charge in [-0.2, -0.15) is 0 Å². The number of amides is 2. The molecule has 10 heteroatoms. The van der Waals surface area contributed by atoms with E-state index < -0.39 is 0 Å². The van der Waals surface area contributed by atoms with Crippen molar-refractivity contribution in [1.82, 2.24) is 9.80 Å². The van der Waals surface area contributed by atoms with Crippen molar-refractivity contribution in [2.45, 2.75) is 13.0 Å². The predicted molar refractivity (Wildman–Crippen MR) is 162 cm³/mol. The predicted octanol–water partition coefficient (Wildman–Crippen LogP) is 4.87. The first kappa shape index (κ1) is 29.8. The second-order valence-corrected chi connectivity index (χ2v) is 10.6. The van der Waals surface area contributed by atoms with E-state index in [-0.39, 0.29) is 31.1 Å². The highest BCUT2D eigenvalue weighted by Gasteiger charge is 2.26. The summed E-state index contributed by atoms with van der Waals surface area (Å²) in [4.78, 5) is 31.2. The van der Waals surface area contributed by atoms with Gasteiger partial charge in [0.05, 0.1) is 42.5 Å². The fraction of sp³-hybridized carbons (Fsp3) is 0.333. The van der Waals surface area contributed by atoms with E-state index >= 15 is 0 Å². The topological polar surface area (TPSA) is 91.1 Å². The quantitative estimate of drug-likeness (QED) is 0.331. The lowest BCUT2D eigenvalue weighted by atomic mass is 9.98. The van der Waals surface area contributed by atoms with E-state index in [1.807, 2.05) is 43.4 Å². The van der Waals surface area contributed by atoms with Crippen LogP contribution in [0.1, 0.15) is 18.5 Å². The van der Waals surface area contributed by atoms with Gasteiger partial charge in [0.2, 0.25) is 11.8 Å². The van der Waals surface area contributed by atoms with Gasteiger partial charge in [0.1, 0.15) is 0 Å². The zero-order chi connectivity index (χ0) is 28.6. The number of carbonyl (C=O) groups excluding carboxylic acids is 2. The summed E-state index contributed by atoms with van der Waals surface area (Å²) in [6, 6.07) is 20.9. The number of nitrogens with two attached hydrogens (primary N) is 1. The molecule has 40 heavy (non-hydrogen) atoms. The number of halogens is 2. The number of nitrogens with one attached hydrogen (secondary N) is 1. The van der Waals surface area contributed by atoms with Crippen LogP contribution >= 0.6 is 23.2 Å². The molecule has 0 aromatic heterocycles. The molecule has 212 valence electrons. The highest BCUT2D eigenvalue weighted by Crippen LogP contribution is 2.31. The van der Waals surface area contributed by atoms with Crippen LogP contribution in [-0.4, -0.2) is 74.7 Å². The van der Waals surface area contributed by atoms with Gasteiger partial charge in [-0.15, -0.1) is 0 Å². The van der Waals surface area contributed by atoms with Gasteiger partial charge in [-0.25, -0.2) is 0 Å². The van der Waals surface area contributed by atoms with E-state index in [1.165, 1.54) is 6.92 Å². The van der Waals surface area contributed by atoms with Gasteiger partial charge in [0.15, 0.2) is 0 Å². The van der Waals surface area contributed by atoms with Crippen molar-refractivity contribution in [2.24, 2.45) is 5.73 Å². The molecule has 1 unspecified atom stereocenters. The molecule has 4 rings (SSSR count). The van der Waals surface area contributed by atoms with Crippen LogP contribution in [0.3, 0.4) is 0 Å². The maximum absolute atomic E-state index is 13.6. The SMILES string of the molecule is CC(=O)Nc1ccccc1-c1ccc(C(CN2CCOCC2)N(C)C(=O)CN(CN)c2ccc(Cl)c(Cl)c2)cc1. The first-order valence-corrected chi connectivity index (χ1v) is 13.9. The Morgan fingerprint density at radius 3 is 2.38 bits per heavy atom. The molecule has 0 saturated carbocycles. The molecule has 0 bridgehead atoms. The van der Waals surface area contributed by atoms with E-state index in [2.05, 4.69) is 22.3 Å². The van der Waals surface area contributed by atoms with E-state index in [1.54, 1.807) is 28.0 Å². The maximum Gasteiger partial charge on any atom is 0.242 e. The Morgan fingerprint density at radius 1 is 1.02 bits per heavy atom. The Kier molecular flexibility index (Phi) is 10.4. The Morgan fingerprint density at radius 2 is 1.73 bits per heavy atom. The number of morpholine rings is 1. The molecule has 0 aliphatic carbocycles. The summed E-state index contributed by atoms with van der Waals surface area (Å²) < 4.78 is 5.54. The summed E-state index contributed by atoms with van der Waals surface area (Å²) >= 11 is 12.3. The van der Waals surface area contributed by atoms with Gasteiger partial charge in [0, 0.05) is 50.5 Å². The lowest BCUT2D eigenvalue weighted by molar-refractivity contribution is -0.131. The van der Waals surface area contributed by atoms with Crippen molar-refractivity contribution >= 4 is 46.4 Å². The van der Waals surface area contributed by atoms with Crippen LogP contribution in [0.5, 0.6) is 0 Å². The van der Waals surface area contributed by atoms with Crippen LogP contribution in [0.25, 0.3) is 11.1 Å². The summed E-state index contributed by atoms with van der Waals surface area (Å²) in [5.74, 6) is -0.197. The second-order valence-electron chi connectivity index (χ2n) is 9.76. The molecule has 1 aliphatic heterocycles. The standard InChI is InChI=1S/C30H35Cl2N5O3/c1-21(38)34-28-6-4-3-5-25(28)22-7-9-23(10-8-22)29(18-36-13-15-40-16-14-36)35(2)30(39)19-37(20-33)24-11-12-26(31)27(32)17-24/h3-12,17,29H,13-16,18-20,33H2,1-2H3,(H,34,38). The smallest absolute Gasteiger partial charge is 0.242 e. The molecule has 1 fully saturated rings. The van der Waals surface area contributed by atoms with Crippen molar-refractivity contribution in [3.8, 4) is 11.1 Å². The molecular weight excluding hydrogens is 549 g/mol. The molecule has 3 aromatic rings. The Bertz CT molecular complexity index is 1310. The largest absolute Gasteiger partial charge is 0.379 e. The normalized spacial score (nSPS) is 14.4. The summed E-state index contributed by atoms with van der Waals surface area (Å²) in [6.07, 6.45) is 0. The Labute approximate surface area is 245 Å². The van der Waals surface area contributed by atoms with Crippen LogP contribution in [0, 0.1) is 0 Å². The van der Waals surface area contributed by atoms with E-state index in [9.17, 15) is 9.59 Å². The highest BCUT2D eigenvalue weighted by molar-refractivity contribution is 6.42. The highest BCUT2D eigenvalue weighted by atomic mass is 35.5. The van der Waals surface area contributed by atoms with Crippen LogP contribution in [0.4, 0.5) is 11.4 Å². The zero-order valence-electron chi connectivity index (χ0n) is 22.8. The first-order chi connectivity index (χ1) is 19.3. The number of hydrogen-bond acceptors (Lipinski definition) is 6. The Balaban J connectivity index is 1.58. The average Bonchev–Trinajstić information content (AvgIpc) is 2.96. The third kappa shape index (κ3) is 7.53. The lowest BCUT2D eigenvalue weighted by Gasteiger charge is -2.36. The van der Waals surface area contributed by atoms with Crippen molar-refractivity contribution in [3.05, 3.63) is 82.3 Å². The fourth-order valence-corrected chi connectivity index (χ4v) is 5.08. The fourth-order valence-electron chi connectivity index (χ4n) is 4.79. The summed E-state index contributed by atoms with van der Waals surface area (Å²) in [7, 11) is 1.83. The molecule has 0 spiro atoms. The van der Waals surface area contributed by atoms with Crippen molar-refractivity contribution in [1.29, 1.82) is 0 Å². The van der Waals surface area contributed by atoms with Crippen LogP contribution in [-0.2, 0) is 14.3 Å². The molecule has 1 saturated heterocycles. The number of rotatable bonds is 10. The molecule has 3 aromatic carbocycles. The number of anilines is 2. The molecule has 1 aliphatic rings. The molecule has 8 nitrogen and oxygen atoms in total. The van der Waals surface area contributed by atoms with E-state index in [4.69, 9.17) is 33.7 Å². The molecule has 1 heterocycles. The molecule has 3 N–H and O–H groups in total. The summed E-state index contributed by atoms with van der Waals surface area (Å²) in [6.45, 7) is 5.35. The van der Waals surface area contributed by atoms with Crippen LogP contribution < -0.4 is 16.0 Å². The number of benzene rings is 3. The number of carbonyl (C=O) groups is 2. The maximum atomic E-state index is 13.6. The van der Waals surface area contributed by atoms with Gasteiger partial charge >= 0.3 is 0 Å².